The lowest BCUT2D eigenvalue weighted by Crippen LogP contribution is -2.48. The van der Waals surface area contributed by atoms with Crippen molar-refractivity contribution in [3.63, 3.8) is 0 Å². The molecular weight excluding hydrogens is 238 g/mol. The molecule has 0 aromatic heterocycles. The van der Waals surface area contributed by atoms with E-state index in [9.17, 15) is 4.79 Å². The molecule has 1 aromatic rings. The maximum Gasteiger partial charge on any atom is 0.330 e. The van der Waals surface area contributed by atoms with Gasteiger partial charge in [0.25, 0.3) is 0 Å². The number of carbonyl (C=O) groups is 1. The first-order valence-electron chi connectivity index (χ1n) is 6.56. The minimum atomic E-state index is -0.845. The number of esters is 1. The average molecular weight is 261 g/mol. The van der Waals surface area contributed by atoms with Gasteiger partial charge in [-0.1, -0.05) is 29.8 Å². The Hall–Kier alpha value is -1.61. The van der Waals surface area contributed by atoms with Gasteiger partial charge in [-0.2, -0.15) is 0 Å². The topological polar surface area (TPSA) is 38.3 Å². The smallest absolute Gasteiger partial charge is 0.330 e. The molecule has 1 rings (SSSR count). The predicted molar refractivity (Wildman–Crippen MR) is 78.1 cm³/mol. The molecule has 1 N–H and O–H groups in total. The molecule has 0 fully saturated rings. The minimum Gasteiger partial charge on any atom is -0.464 e. The number of ether oxygens (including phenoxy) is 1. The first-order chi connectivity index (χ1) is 8.95. The van der Waals surface area contributed by atoms with Gasteiger partial charge in [0, 0.05) is 6.54 Å². The summed E-state index contributed by atoms with van der Waals surface area (Å²) in [5.41, 5.74) is 2.35. The molecule has 0 spiro atoms. The highest BCUT2D eigenvalue weighted by Crippen LogP contribution is 2.26. The number of nitrogens with one attached hydrogen (secondary N) is 1. The molecule has 1 unspecified atom stereocenters. The highest BCUT2D eigenvalue weighted by Gasteiger charge is 2.37. The van der Waals surface area contributed by atoms with Gasteiger partial charge in [0.05, 0.1) is 6.61 Å². The third-order valence-corrected chi connectivity index (χ3v) is 3.20. The fourth-order valence-electron chi connectivity index (χ4n) is 2.20. The predicted octanol–water partition coefficient (Wildman–Crippen LogP) is 2.86. The third-order valence-electron chi connectivity index (χ3n) is 3.20. The summed E-state index contributed by atoms with van der Waals surface area (Å²) in [6.45, 7) is 12.3. The molecule has 104 valence electrons. The maximum atomic E-state index is 12.3. The molecule has 0 heterocycles. The lowest BCUT2D eigenvalue weighted by molar-refractivity contribution is -0.150. The molecule has 0 saturated heterocycles. The Balaban J connectivity index is 3.21. The summed E-state index contributed by atoms with van der Waals surface area (Å²) in [7, 11) is 0. The van der Waals surface area contributed by atoms with Crippen LogP contribution in [0.15, 0.2) is 30.9 Å². The molecule has 0 amide bonds. The molecule has 0 aliphatic rings. The van der Waals surface area contributed by atoms with Crippen molar-refractivity contribution in [1.82, 2.24) is 5.32 Å². The van der Waals surface area contributed by atoms with E-state index in [0.29, 0.717) is 13.2 Å². The van der Waals surface area contributed by atoms with Crippen LogP contribution in [0, 0.1) is 13.8 Å². The lowest BCUT2D eigenvalue weighted by Gasteiger charge is -2.30. The summed E-state index contributed by atoms with van der Waals surface area (Å²) < 4.78 is 5.21. The van der Waals surface area contributed by atoms with Crippen molar-refractivity contribution in [1.29, 1.82) is 0 Å². The zero-order valence-corrected chi connectivity index (χ0v) is 12.2. The third kappa shape index (κ3) is 3.44. The van der Waals surface area contributed by atoms with Gasteiger partial charge in [-0.15, -0.1) is 6.58 Å². The van der Waals surface area contributed by atoms with Crippen molar-refractivity contribution >= 4 is 5.97 Å². The van der Waals surface area contributed by atoms with E-state index in [4.69, 9.17) is 4.74 Å². The van der Waals surface area contributed by atoms with E-state index in [1.54, 1.807) is 6.08 Å². The van der Waals surface area contributed by atoms with Gasteiger partial charge < -0.3 is 4.74 Å². The SMILES string of the molecule is C=CCNC(C)(C(=O)OCC)c1ccc(C)cc1C. The van der Waals surface area contributed by atoms with Crippen LogP contribution in [0.3, 0.4) is 0 Å². The number of aryl methyl sites for hydroxylation is 2. The standard InChI is InChI=1S/C16H23NO2/c1-6-10-17-16(5,15(18)19-7-2)14-9-8-12(3)11-13(14)4/h6,8-9,11,17H,1,7,10H2,2-5H3. The Labute approximate surface area is 115 Å². The summed E-state index contributed by atoms with van der Waals surface area (Å²) in [6.07, 6.45) is 1.74. The van der Waals surface area contributed by atoms with E-state index in [1.807, 2.05) is 39.8 Å². The summed E-state index contributed by atoms with van der Waals surface area (Å²) in [4.78, 5) is 12.3. The monoisotopic (exact) mass is 261 g/mol. The summed E-state index contributed by atoms with van der Waals surface area (Å²) >= 11 is 0. The molecule has 0 aliphatic heterocycles. The molecule has 19 heavy (non-hydrogen) atoms. The van der Waals surface area contributed by atoms with Crippen LogP contribution in [0.4, 0.5) is 0 Å². The molecule has 3 heteroatoms. The zero-order valence-electron chi connectivity index (χ0n) is 12.2. The Morgan fingerprint density at radius 2 is 2.16 bits per heavy atom. The number of hydrogen-bond acceptors (Lipinski definition) is 3. The summed E-state index contributed by atoms with van der Waals surface area (Å²) in [6, 6.07) is 6.06. The Morgan fingerprint density at radius 3 is 2.68 bits per heavy atom. The first kappa shape index (κ1) is 15.4. The Kier molecular flexibility index (Phi) is 5.31. The van der Waals surface area contributed by atoms with Crippen LogP contribution < -0.4 is 5.32 Å². The van der Waals surface area contributed by atoms with Crippen molar-refractivity contribution in [2.24, 2.45) is 0 Å². The minimum absolute atomic E-state index is 0.260. The van der Waals surface area contributed by atoms with Crippen LogP contribution >= 0.6 is 0 Å². The van der Waals surface area contributed by atoms with Gasteiger partial charge >= 0.3 is 5.97 Å². The lowest BCUT2D eigenvalue weighted by atomic mass is 9.87. The van der Waals surface area contributed by atoms with E-state index in [0.717, 1.165) is 11.1 Å². The van der Waals surface area contributed by atoms with Gasteiger partial charge in [0.15, 0.2) is 0 Å². The van der Waals surface area contributed by atoms with Gasteiger partial charge in [-0.3, -0.25) is 5.32 Å². The van der Waals surface area contributed by atoms with E-state index >= 15 is 0 Å². The average Bonchev–Trinajstić information content (AvgIpc) is 2.36. The molecule has 0 aliphatic carbocycles. The highest BCUT2D eigenvalue weighted by atomic mass is 16.5. The molecule has 0 radical (unpaired) electrons. The normalized spacial score (nSPS) is 13.7. The van der Waals surface area contributed by atoms with Crippen LogP contribution in [0.25, 0.3) is 0 Å². The van der Waals surface area contributed by atoms with E-state index in [1.165, 1.54) is 5.56 Å². The second-order valence-corrected chi connectivity index (χ2v) is 4.83. The molecule has 0 bridgehead atoms. The van der Waals surface area contributed by atoms with Gasteiger partial charge in [-0.05, 0) is 38.8 Å². The van der Waals surface area contributed by atoms with E-state index in [2.05, 4.69) is 18.0 Å². The van der Waals surface area contributed by atoms with E-state index < -0.39 is 5.54 Å². The maximum absolute atomic E-state index is 12.3. The van der Waals surface area contributed by atoms with Crippen molar-refractivity contribution in [2.75, 3.05) is 13.2 Å². The number of carbonyl (C=O) groups excluding carboxylic acids is 1. The van der Waals surface area contributed by atoms with Crippen molar-refractivity contribution in [3.05, 3.63) is 47.5 Å². The van der Waals surface area contributed by atoms with E-state index in [-0.39, 0.29) is 5.97 Å². The Morgan fingerprint density at radius 1 is 1.47 bits per heavy atom. The van der Waals surface area contributed by atoms with Gasteiger partial charge in [0.2, 0.25) is 0 Å². The van der Waals surface area contributed by atoms with Crippen molar-refractivity contribution in [3.8, 4) is 0 Å². The van der Waals surface area contributed by atoms with Crippen LogP contribution in [0.1, 0.15) is 30.5 Å². The molecule has 1 aromatic carbocycles. The number of hydrogen-bond donors (Lipinski definition) is 1. The summed E-state index contributed by atoms with van der Waals surface area (Å²) in [5, 5.41) is 3.21. The van der Waals surface area contributed by atoms with Crippen molar-refractivity contribution < 1.29 is 9.53 Å². The fraction of sp³-hybridized carbons (Fsp3) is 0.438. The van der Waals surface area contributed by atoms with Crippen molar-refractivity contribution in [2.45, 2.75) is 33.2 Å². The molecule has 1 atom stereocenters. The Bertz CT molecular complexity index is 468. The second-order valence-electron chi connectivity index (χ2n) is 4.83. The quantitative estimate of drug-likeness (QED) is 0.632. The first-order valence-corrected chi connectivity index (χ1v) is 6.56. The molecular formula is C16H23NO2. The molecule has 3 nitrogen and oxygen atoms in total. The summed E-state index contributed by atoms with van der Waals surface area (Å²) in [5.74, 6) is -0.260. The second kappa shape index (κ2) is 6.53. The largest absolute Gasteiger partial charge is 0.464 e. The van der Waals surface area contributed by atoms with Gasteiger partial charge in [0.1, 0.15) is 5.54 Å². The van der Waals surface area contributed by atoms with Crippen LogP contribution in [-0.4, -0.2) is 19.1 Å². The highest BCUT2D eigenvalue weighted by molar-refractivity contribution is 5.82. The number of benzene rings is 1. The van der Waals surface area contributed by atoms with Crippen LogP contribution in [0.2, 0.25) is 0 Å². The number of rotatable bonds is 6. The van der Waals surface area contributed by atoms with Crippen LogP contribution in [0.5, 0.6) is 0 Å². The van der Waals surface area contributed by atoms with Gasteiger partial charge in [-0.25, -0.2) is 4.79 Å². The molecule has 0 saturated carbocycles. The van der Waals surface area contributed by atoms with Crippen LogP contribution in [-0.2, 0) is 15.1 Å². The zero-order chi connectivity index (χ0) is 14.5. The fourth-order valence-corrected chi connectivity index (χ4v) is 2.20.